The van der Waals surface area contributed by atoms with Gasteiger partial charge in [-0.3, -0.25) is 0 Å². The number of hydrogen-bond donors (Lipinski definition) is 2. The average Bonchev–Trinajstić information content (AvgIpc) is 2.40. The Balaban J connectivity index is 2.09. The lowest BCUT2D eigenvalue weighted by atomic mass is 10.3. The van der Waals surface area contributed by atoms with Crippen LogP contribution in [0.3, 0.4) is 0 Å². The van der Waals surface area contributed by atoms with Gasteiger partial charge in [-0.05, 0) is 37.3 Å². The van der Waals surface area contributed by atoms with Crippen molar-refractivity contribution in [3.63, 3.8) is 0 Å². The largest absolute Gasteiger partial charge is 0.497 e. The highest BCUT2D eigenvalue weighted by molar-refractivity contribution is 5.62. The van der Waals surface area contributed by atoms with Crippen LogP contribution in [0.5, 0.6) is 5.75 Å². The van der Waals surface area contributed by atoms with Crippen molar-refractivity contribution < 1.29 is 4.74 Å². The lowest BCUT2D eigenvalue weighted by Crippen LogP contribution is -1.99. The molecule has 0 spiro atoms. The summed E-state index contributed by atoms with van der Waals surface area (Å²) >= 11 is 0. The molecule has 0 aliphatic carbocycles. The highest BCUT2D eigenvalue weighted by Crippen LogP contribution is 2.20. The highest BCUT2D eigenvalue weighted by Gasteiger charge is 1.98. The maximum atomic E-state index is 5.12. The molecule has 1 aromatic carbocycles. The van der Waals surface area contributed by atoms with Gasteiger partial charge in [-0.2, -0.15) is 0 Å². The number of aromatic nitrogens is 1. The number of benzene rings is 1. The molecule has 0 aliphatic rings. The summed E-state index contributed by atoms with van der Waals surface area (Å²) < 4.78 is 5.12. The van der Waals surface area contributed by atoms with E-state index >= 15 is 0 Å². The monoisotopic (exact) mass is 243 g/mol. The van der Waals surface area contributed by atoms with E-state index in [0.29, 0.717) is 0 Å². The second kappa shape index (κ2) is 5.91. The van der Waals surface area contributed by atoms with Crippen LogP contribution in [0.1, 0.15) is 6.92 Å². The second-order valence-electron chi connectivity index (χ2n) is 3.81. The number of methoxy groups -OCH3 is 1. The summed E-state index contributed by atoms with van der Waals surface area (Å²) in [4.78, 5) is 4.23. The zero-order chi connectivity index (χ0) is 12.8. The number of nitrogens with zero attached hydrogens (tertiary/aromatic N) is 1. The Bertz CT molecular complexity index is 497. The number of ether oxygens (including phenoxy) is 1. The first-order valence-corrected chi connectivity index (χ1v) is 5.93. The molecule has 0 unspecified atom stereocenters. The van der Waals surface area contributed by atoms with Gasteiger partial charge in [0.15, 0.2) is 0 Å². The molecule has 0 saturated carbocycles. The quantitative estimate of drug-likeness (QED) is 0.846. The smallest absolute Gasteiger partial charge is 0.127 e. The van der Waals surface area contributed by atoms with Crippen LogP contribution in [-0.4, -0.2) is 18.6 Å². The van der Waals surface area contributed by atoms with Crippen LogP contribution in [0.25, 0.3) is 0 Å². The molecule has 1 aromatic heterocycles. The molecule has 94 valence electrons. The third-order valence-corrected chi connectivity index (χ3v) is 2.50. The number of nitrogens with one attached hydrogen (secondary N) is 2. The molecular formula is C14H17N3O. The van der Waals surface area contributed by atoms with Gasteiger partial charge in [-0.25, -0.2) is 4.98 Å². The highest BCUT2D eigenvalue weighted by atomic mass is 16.5. The van der Waals surface area contributed by atoms with Gasteiger partial charge in [0.2, 0.25) is 0 Å². The summed E-state index contributed by atoms with van der Waals surface area (Å²) in [5.41, 5.74) is 2.02. The van der Waals surface area contributed by atoms with Gasteiger partial charge in [0.1, 0.15) is 11.6 Å². The number of rotatable bonds is 5. The van der Waals surface area contributed by atoms with E-state index in [1.54, 1.807) is 13.3 Å². The van der Waals surface area contributed by atoms with Crippen molar-refractivity contribution in [3.8, 4) is 5.75 Å². The fourth-order valence-corrected chi connectivity index (χ4v) is 1.63. The van der Waals surface area contributed by atoms with Gasteiger partial charge in [0, 0.05) is 30.2 Å². The summed E-state index contributed by atoms with van der Waals surface area (Å²) in [6.45, 7) is 2.91. The van der Waals surface area contributed by atoms with Crippen molar-refractivity contribution in [1.82, 2.24) is 4.98 Å². The number of pyridine rings is 1. The summed E-state index contributed by atoms with van der Waals surface area (Å²) in [5.74, 6) is 1.72. The Hall–Kier alpha value is -2.23. The molecule has 0 amide bonds. The molecule has 4 heteroatoms. The molecule has 2 N–H and O–H groups in total. The summed E-state index contributed by atoms with van der Waals surface area (Å²) in [7, 11) is 1.66. The van der Waals surface area contributed by atoms with Crippen LogP contribution in [0.4, 0.5) is 17.2 Å². The molecule has 0 atom stereocenters. The average molecular weight is 243 g/mol. The minimum Gasteiger partial charge on any atom is -0.497 e. The standard InChI is InChI=1S/C14H17N3O/c1-3-15-14-10-12(8-9-16-14)17-11-4-6-13(18-2)7-5-11/h4-10H,3H2,1-2H3,(H2,15,16,17). The number of hydrogen-bond acceptors (Lipinski definition) is 4. The lowest BCUT2D eigenvalue weighted by molar-refractivity contribution is 0.415. The van der Waals surface area contributed by atoms with Crippen LogP contribution in [-0.2, 0) is 0 Å². The van der Waals surface area contributed by atoms with E-state index in [1.165, 1.54) is 0 Å². The number of anilines is 3. The summed E-state index contributed by atoms with van der Waals surface area (Å²) in [6, 6.07) is 11.7. The van der Waals surface area contributed by atoms with E-state index in [0.717, 1.165) is 29.5 Å². The molecule has 1 heterocycles. The Morgan fingerprint density at radius 3 is 2.56 bits per heavy atom. The SMILES string of the molecule is CCNc1cc(Nc2ccc(OC)cc2)ccn1. The van der Waals surface area contributed by atoms with Crippen LogP contribution in [0, 0.1) is 0 Å². The lowest BCUT2D eigenvalue weighted by Gasteiger charge is -2.09. The van der Waals surface area contributed by atoms with E-state index < -0.39 is 0 Å². The van der Waals surface area contributed by atoms with Crippen LogP contribution >= 0.6 is 0 Å². The zero-order valence-electron chi connectivity index (χ0n) is 10.6. The maximum Gasteiger partial charge on any atom is 0.127 e. The van der Waals surface area contributed by atoms with E-state index in [1.807, 2.05) is 43.3 Å². The van der Waals surface area contributed by atoms with Crippen LogP contribution in [0.2, 0.25) is 0 Å². The molecule has 0 bridgehead atoms. The molecule has 2 rings (SSSR count). The van der Waals surface area contributed by atoms with Crippen molar-refractivity contribution in [2.45, 2.75) is 6.92 Å². The van der Waals surface area contributed by atoms with Gasteiger partial charge in [-0.15, -0.1) is 0 Å². The van der Waals surface area contributed by atoms with E-state index in [2.05, 4.69) is 15.6 Å². The molecule has 4 nitrogen and oxygen atoms in total. The molecule has 0 aliphatic heterocycles. The van der Waals surface area contributed by atoms with Gasteiger partial charge in [-0.1, -0.05) is 0 Å². The third-order valence-electron chi connectivity index (χ3n) is 2.50. The molecule has 0 radical (unpaired) electrons. The van der Waals surface area contributed by atoms with Crippen molar-refractivity contribution in [2.24, 2.45) is 0 Å². The Morgan fingerprint density at radius 2 is 1.89 bits per heavy atom. The molecule has 2 aromatic rings. The minimum atomic E-state index is 0.851. The van der Waals surface area contributed by atoms with E-state index in [9.17, 15) is 0 Å². The molecule has 18 heavy (non-hydrogen) atoms. The Kier molecular flexibility index (Phi) is 4.02. The van der Waals surface area contributed by atoms with Crippen molar-refractivity contribution >= 4 is 17.2 Å². The van der Waals surface area contributed by atoms with Crippen LogP contribution in [0.15, 0.2) is 42.6 Å². The van der Waals surface area contributed by atoms with Gasteiger partial charge in [0.05, 0.1) is 7.11 Å². The topological polar surface area (TPSA) is 46.2 Å². The summed E-state index contributed by atoms with van der Waals surface area (Å²) in [6.07, 6.45) is 1.78. The Morgan fingerprint density at radius 1 is 1.11 bits per heavy atom. The van der Waals surface area contributed by atoms with E-state index in [4.69, 9.17) is 4.74 Å². The first-order valence-electron chi connectivity index (χ1n) is 5.93. The predicted molar refractivity (Wildman–Crippen MR) is 74.7 cm³/mol. The van der Waals surface area contributed by atoms with Crippen molar-refractivity contribution in [1.29, 1.82) is 0 Å². The summed E-state index contributed by atoms with van der Waals surface area (Å²) in [5, 5.41) is 6.50. The van der Waals surface area contributed by atoms with Gasteiger partial charge >= 0.3 is 0 Å². The second-order valence-corrected chi connectivity index (χ2v) is 3.81. The van der Waals surface area contributed by atoms with Gasteiger partial charge < -0.3 is 15.4 Å². The van der Waals surface area contributed by atoms with E-state index in [-0.39, 0.29) is 0 Å². The third kappa shape index (κ3) is 3.13. The minimum absolute atomic E-state index is 0.851. The molecular weight excluding hydrogens is 226 g/mol. The predicted octanol–water partition coefficient (Wildman–Crippen LogP) is 3.27. The van der Waals surface area contributed by atoms with Gasteiger partial charge in [0.25, 0.3) is 0 Å². The normalized spacial score (nSPS) is 9.89. The fourth-order valence-electron chi connectivity index (χ4n) is 1.63. The van der Waals surface area contributed by atoms with Crippen LogP contribution < -0.4 is 15.4 Å². The first-order chi connectivity index (χ1) is 8.81. The maximum absolute atomic E-state index is 5.12. The van der Waals surface area contributed by atoms with Crippen molar-refractivity contribution in [2.75, 3.05) is 24.3 Å². The fraction of sp³-hybridized carbons (Fsp3) is 0.214. The zero-order valence-corrected chi connectivity index (χ0v) is 10.6. The first kappa shape index (κ1) is 12.2. The molecule has 0 saturated heterocycles. The Labute approximate surface area is 107 Å². The van der Waals surface area contributed by atoms with Crippen molar-refractivity contribution in [3.05, 3.63) is 42.6 Å². The molecule has 0 fully saturated rings.